The maximum Gasteiger partial charge on any atom is 0.0686 e. The Morgan fingerprint density at radius 2 is 2.36 bits per heavy atom. The zero-order chi connectivity index (χ0) is 10.4. The third-order valence-electron chi connectivity index (χ3n) is 2.13. The number of nitrogens with one attached hydrogen (secondary N) is 1. The minimum Gasteiger partial charge on any atom is -0.300 e. The monoisotopic (exact) mass is 188 g/mol. The molecule has 0 aliphatic rings. The highest BCUT2D eigenvalue weighted by Crippen LogP contribution is 1.99. The fraction of sp³-hybridized carbons (Fsp3) is 0.417. The molecule has 1 rings (SSSR count). The summed E-state index contributed by atoms with van der Waals surface area (Å²) in [5.41, 5.74) is 2.21. The average Bonchev–Trinajstić information content (AvgIpc) is 2.22. The molecule has 0 aromatic carbocycles. The van der Waals surface area contributed by atoms with Crippen LogP contribution in [0.2, 0.25) is 0 Å². The predicted octanol–water partition coefficient (Wildman–Crippen LogP) is 1.89. The van der Waals surface area contributed by atoms with Gasteiger partial charge in [0.15, 0.2) is 0 Å². The summed E-state index contributed by atoms with van der Waals surface area (Å²) in [6.45, 7) is 4.84. The smallest absolute Gasteiger partial charge is 0.0686 e. The minimum absolute atomic E-state index is 0.163. The van der Waals surface area contributed by atoms with Crippen molar-refractivity contribution in [2.24, 2.45) is 0 Å². The first kappa shape index (κ1) is 10.7. The molecule has 1 N–H and O–H groups in total. The zero-order valence-corrected chi connectivity index (χ0v) is 8.75. The molecule has 0 radical (unpaired) electrons. The number of hydrogen-bond donors (Lipinski definition) is 1. The van der Waals surface area contributed by atoms with Crippen molar-refractivity contribution < 1.29 is 0 Å². The molecule has 0 aliphatic heterocycles. The van der Waals surface area contributed by atoms with Gasteiger partial charge in [-0.15, -0.1) is 6.42 Å². The molecular weight excluding hydrogens is 172 g/mol. The molecule has 1 heterocycles. The van der Waals surface area contributed by atoms with Gasteiger partial charge >= 0.3 is 0 Å². The molecule has 0 saturated heterocycles. The largest absolute Gasteiger partial charge is 0.300 e. The van der Waals surface area contributed by atoms with Gasteiger partial charge in [-0.05, 0) is 25.0 Å². The number of terminal acetylenes is 1. The SMILES string of the molecule is C#CC(CC)NCc1ccc(C)nc1. The van der Waals surface area contributed by atoms with Gasteiger partial charge in [-0.1, -0.05) is 18.9 Å². The van der Waals surface area contributed by atoms with E-state index in [4.69, 9.17) is 6.42 Å². The van der Waals surface area contributed by atoms with E-state index in [9.17, 15) is 0 Å². The zero-order valence-electron chi connectivity index (χ0n) is 8.75. The van der Waals surface area contributed by atoms with Gasteiger partial charge in [0.25, 0.3) is 0 Å². The Labute approximate surface area is 85.8 Å². The summed E-state index contributed by atoms with van der Waals surface area (Å²) in [4.78, 5) is 4.22. The maximum atomic E-state index is 5.34. The van der Waals surface area contributed by atoms with Gasteiger partial charge < -0.3 is 0 Å². The van der Waals surface area contributed by atoms with Gasteiger partial charge in [0.2, 0.25) is 0 Å². The van der Waals surface area contributed by atoms with Crippen LogP contribution in [0.15, 0.2) is 18.3 Å². The molecule has 14 heavy (non-hydrogen) atoms. The van der Waals surface area contributed by atoms with Crippen LogP contribution < -0.4 is 5.32 Å². The van der Waals surface area contributed by atoms with Gasteiger partial charge in [-0.25, -0.2) is 0 Å². The minimum atomic E-state index is 0.163. The molecule has 1 aromatic rings. The second-order valence-electron chi connectivity index (χ2n) is 3.32. The van der Waals surface area contributed by atoms with E-state index in [0.29, 0.717) is 0 Å². The maximum absolute atomic E-state index is 5.34. The van der Waals surface area contributed by atoms with Crippen LogP contribution in [-0.4, -0.2) is 11.0 Å². The quantitative estimate of drug-likeness (QED) is 0.730. The third kappa shape index (κ3) is 3.20. The van der Waals surface area contributed by atoms with Crippen molar-refractivity contribution in [1.82, 2.24) is 10.3 Å². The summed E-state index contributed by atoms with van der Waals surface area (Å²) in [6, 6.07) is 4.24. The molecule has 2 nitrogen and oxygen atoms in total. The lowest BCUT2D eigenvalue weighted by Gasteiger charge is -2.09. The van der Waals surface area contributed by atoms with Crippen molar-refractivity contribution >= 4 is 0 Å². The lowest BCUT2D eigenvalue weighted by Crippen LogP contribution is -2.26. The lowest BCUT2D eigenvalue weighted by atomic mass is 10.2. The van der Waals surface area contributed by atoms with Crippen molar-refractivity contribution in [2.75, 3.05) is 0 Å². The predicted molar refractivity (Wildman–Crippen MR) is 58.7 cm³/mol. The van der Waals surface area contributed by atoms with Crippen LogP contribution in [0.1, 0.15) is 24.6 Å². The van der Waals surface area contributed by atoms with Crippen LogP contribution in [-0.2, 0) is 6.54 Å². The first-order valence-electron chi connectivity index (χ1n) is 4.87. The Balaban J connectivity index is 2.46. The highest BCUT2D eigenvalue weighted by Gasteiger charge is 2.00. The molecule has 0 amide bonds. The summed E-state index contributed by atoms with van der Waals surface area (Å²) < 4.78 is 0. The van der Waals surface area contributed by atoms with E-state index in [-0.39, 0.29) is 6.04 Å². The van der Waals surface area contributed by atoms with Gasteiger partial charge in [0.1, 0.15) is 0 Å². The van der Waals surface area contributed by atoms with Gasteiger partial charge in [0.05, 0.1) is 6.04 Å². The van der Waals surface area contributed by atoms with E-state index in [1.807, 2.05) is 19.2 Å². The standard InChI is InChI=1S/C12H16N2/c1-4-12(5-2)14-9-11-7-6-10(3)13-8-11/h1,6-8,12,14H,5,9H2,2-3H3. The molecule has 0 spiro atoms. The normalized spacial score (nSPS) is 12.1. The second kappa shape index (κ2) is 5.41. The number of nitrogens with zero attached hydrogens (tertiary/aromatic N) is 1. The van der Waals surface area contributed by atoms with E-state index in [1.54, 1.807) is 0 Å². The van der Waals surface area contributed by atoms with E-state index in [1.165, 1.54) is 5.56 Å². The summed E-state index contributed by atoms with van der Waals surface area (Å²) in [7, 11) is 0. The first-order valence-corrected chi connectivity index (χ1v) is 4.87. The fourth-order valence-electron chi connectivity index (χ4n) is 1.17. The van der Waals surface area contributed by atoms with Crippen molar-refractivity contribution in [2.45, 2.75) is 32.9 Å². The first-order chi connectivity index (χ1) is 6.76. The van der Waals surface area contributed by atoms with Gasteiger partial charge in [-0.3, -0.25) is 10.3 Å². The average molecular weight is 188 g/mol. The fourth-order valence-corrected chi connectivity index (χ4v) is 1.17. The van der Waals surface area contributed by atoms with Crippen LogP contribution in [0.5, 0.6) is 0 Å². The van der Waals surface area contributed by atoms with Crippen LogP contribution >= 0.6 is 0 Å². The summed E-state index contributed by atoms with van der Waals surface area (Å²) in [5.74, 6) is 2.70. The van der Waals surface area contributed by atoms with Crippen molar-refractivity contribution in [3.05, 3.63) is 29.6 Å². The Hall–Kier alpha value is -1.33. The van der Waals surface area contributed by atoms with E-state index in [0.717, 1.165) is 18.7 Å². The molecular formula is C12H16N2. The lowest BCUT2D eigenvalue weighted by molar-refractivity contribution is 0.591. The van der Waals surface area contributed by atoms with Crippen molar-refractivity contribution in [3.8, 4) is 12.3 Å². The highest BCUT2D eigenvalue weighted by atomic mass is 14.9. The molecule has 74 valence electrons. The van der Waals surface area contributed by atoms with Crippen molar-refractivity contribution in [1.29, 1.82) is 0 Å². The molecule has 1 aromatic heterocycles. The van der Waals surface area contributed by atoms with Gasteiger partial charge in [0, 0.05) is 18.4 Å². The van der Waals surface area contributed by atoms with Crippen LogP contribution in [0.4, 0.5) is 0 Å². The van der Waals surface area contributed by atoms with Crippen LogP contribution in [0, 0.1) is 19.3 Å². The van der Waals surface area contributed by atoms with Gasteiger partial charge in [-0.2, -0.15) is 0 Å². The topological polar surface area (TPSA) is 24.9 Å². The number of aromatic nitrogens is 1. The van der Waals surface area contributed by atoms with Crippen LogP contribution in [0.25, 0.3) is 0 Å². The number of rotatable bonds is 4. The second-order valence-corrected chi connectivity index (χ2v) is 3.32. The molecule has 0 bridgehead atoms. The molecule has 2 heteroatoms. The Kier molecular flexibility index (Phi) is 4.15. The third-order valence-corrected chi connectivity index (χ3v) is 2.13. The Morgan fingerprint density at radius 1 is 1.57 bits per heavy atom. The Bertz CT molecular complexity index is 308. The number of pyridine rings is 1. The summed E-state index contributed by atoms with van der Waals surface area (Å²) in [5, 5.41) is 3.28. The number of hydrogen-bond acceptors (Lipinski definition) is 2. The molecule has 0 saturated carbocycles. The summed E-state index contributed by atoms with van der Waals surface area (Å²) in [6.07, 6.45) is 8.18. The summed E-state index contributed by atoms with van der Waals surface area (Å²) >= 11 is 0. The molecule has 1 unspecified atom stereocenters. The number of aryl methyl sites for hydroxylation is 1. The van der Waals surface area contributed by atoms with E-state index in [2.05, 4.69) is 29.2 Å². The molecule has 0 aliphatic carbocycles. The Morgan fingerprint density at radius 3 is 2.86 bits per heavy atom. The highest BCUT2D eigenvalue weighted by molar-refractivity contribution is 5.13. The van der Waals surface area contributed by atoms with Crippen molar-refractivity contribution in [3.63, 3.8) is 0 Å². The van der Waals surface area contributed by atoms with Crippen LogP contribution in [0.3, 0.4) is 0 Å². The molecule has 0 fully saturated rings. The van der Waals surface area contributed by atoms with E-state index >= 15 is 0 Å². The van der Waals surface area contributed by atoms with E-state index < -0.39 is 0 Å². The molecule has 1 atom stereocenters.